The highest BCUT2D eigenvalue weighted by Gasteiger charge is 2.53. The minimum Gasteiger partial charge on any atom is -0.369 e. The first-order valence-electron chi connectivity index (χ1n) is 8.75. The van der Waals surface area contributed by atoms with Crippen LogP contribution in [0, 0.1) is 11.8 Å². The van der Waals surface area contributed by atoms with Gasteiger partial charge in [0, 0.05) is 30.4 Å². The monoisotopic (exact) mass is 343 g/mol. The molecule has 5 rings (SSSR count). The van der Waals surface area contributed by atoms with Gasteiger partial charge in [0.1, 0.15) is 0 Å². The molecular weight excluding hydrogens is 326 g/mol. The van der Waals surface area contributed by atoms with Gasteiger partial charge in [0.05, 0.1) is 23.0 Å². The van der Waals surface area contributed by atoms with Crippen LogP contribution in [0.15, 0.2) is 66.9 Å². The molecule has 2 aliphatic heterocycles. The van der Waals surface area contributed by atoms with Gasteiger partial charge >= 0.3 is 0 Å². The van der Waals surface area contributed by atoms with Gasteiger partial charge in [-0.1, -0.05) is 36.4 Å². The molecule has 5 nitrogen and oxygen atoms in total. The van der Waals surface area contributed by atoms with Crippen LogP contribution in [-0.2, 0) is 9.59 Å². The van der Waals surface area contributed by atoms with Gasteiger partial charge in [-0.3, -0.25) is 14.6 Å². The van der Waals surface area contributed by atoms with E-state index in [9.17, 15) is 9.59 Å². The zero-order valence-corrected chi connectivity index (χ0v) is 14.1. The number of anilines is 2. The summed E-state index contributed by atoms with van der Waals surface area (Å²) in [6.45, 7) is 1.12. The Morgan fingerprint density at radius 1 is 0.808 bits per heavy atom. The molecule has 2 unspecified atom stereocenters. The summed E-state index contributed by atoms with van der Waals surface area (Å²) in [5.41, 5.74) is 2.63. The van der Waals surface area contributed by atoms with Crippen molar-refractivity contribution in [3.05, 3.63) is 66.9 Å². The number of amides is 2. The smallest absolute Gasteiger partial charge is 0.239 e. The SMILES string of the molecule is O=C1C2CN(c3ccnc4ccccc34)CC2C(=O)N1c1ccccc1. The van der Waals surface area contributed by atoms with Crippen LogP contribution in [0.25, 0.3) is 10.9 Å². The van der Waals surface area contributed by atoms with Crippen LogP contribution in [0.3, 0.4) is 0 Å². The summed E-state index contributed by atoms with van der Waals surface area (Å²) in [7, 11) is 0. The third kappa shape index (κ3) is 2.13. The number of pyridine rings is 1. The van der Waals surface area contributed by atoms with Crippen molar-refractivity contribution in [2.45, 2.75) is 0 Å². The van der Waals surface area contributed by atoms with Crippen LogP contribution in [0.2, 0.25) is 0 Å². The van der Waals surface area contributed by atoms with Crippen molar-refractivity contribution in [3.8, 4) is 0 Å². The lowest BCUT2D eigenvalue weighted by atomic mass is 10.00. The fourth-order valence-electron chi connectivity index (χ4n) is 4.13. The van der Waals surface area contributed by atoms with E-state index in [1.807, 2.05) is 60.7 Å². The maximum Gasteiger partial charge on any atom is 0.239 e. The Balaban J connectivity index is 1.47. The number of carbonyl (C=O) groups is 2. The quantitative estimate of drug-likeness (QED) is 0.672. The van der Waals surface area contributed by atoms with Gasteiger partial charge in [0.25, 0.3) is 0 Å². The number of fused-ring (bicyclic) bond motifs is 2. The lowest BCUT2D eigenvalue weighted by Gasteiger charge is -2.23. The first-order chi connectivity index (χ1) is 12.7. The predicted octanol–water partition coefficient (Wildman–Crippen LogP) is 2.86. The van der Waals surface area contributed by atoms with Crippen molar-refractivity contribution in [3.63, 3.8) is 0 Å². The van der Waals surface area contributed by atoms with Crippen LogP contribution in [-0.4, -0.2) is 29.9 Å². The van der Waals surface area contributed by atoms with E-state index in [-0.39, 0.29) is 23.7 Å². The third-order valence-electron chi connectivity index (χ3n) is 5.38. The third-order valence-corrected chi connectivity index (χ3v) is 5.38. The van der Waals surface area contributed by atoms with Crippen LogP contribution in [0.4, 0.5) is 11.4 Å². The fraction of sp³-hybridized carbons (Fsp3) is 0.190. The lowest BCUT2D eigenvalue weighted by molar-refractivity contribution is -0.122. The second kappa shape index (κ2) is 5.66. The molecule has 0 N–H and O–H groups in total. The van der Waals surface area contributed by atoms with Gasteiger partial charge in [-0.25, -0.2) is 4.90 Å². The topological polar surface area (TPSA) is 53.5 Å². The van der Waals surface area contributed by atoms with E-state index in [1.54, 1.807) is 6.20 Å². The standard InChI is InChI=1S/C21H17N3O2/c25-20-16-12-23(19-10-11-22-18-9-5-4-8-15(18)19)13-17(16)21(26)24(20)14-6-2-1-3-7-14/h1-11,16-17H,12-13H2. The molecule has 2 amide bonds. The maximum absolute atomic E-state index is 12.9. The van der Waals surface area contributed by atoms with Crippen molar-refractivity contribution in [2.24, 2.45) is 11.8 Å². The number of benzene rings is 2. The molecule has 0 saturated carbocycles. The zero-order valence-electron chi connectivity index (χ0n) is 14.1. The molecule has 3 aromatic rings. The van der Waals surface area contributed by atoms with Crippen LogP contribution >= 0.6 is 0 Å². The van der Waals surface area contributed by atoms with Gasteiger partial charge in [-0.15, -0.1) is 0 Å². The van der Waals surface area contributed by atoms with Crippen LogP contribution < -0.4 is 9.80 Å². The number of hydrogen-bond acceptors (Lipinski definition) is 4. The number of carbonyl (C=O) groups excluding carboxylic acids is 2. The summed E-state index contributed by atoms with van der Waals surface area (Å²) in [4.78, 5) is 33.7. The number of nitrogens with zero attached hydrogens (tertiary/aromatic N) is 3. The van der Waals surface area contributed by atoms with Crippen molar-refractivity contribution in [1.29, 1.82) is 0 Å². The molecule has 0 spiro atoms. The predicted molar refractivity (Wildman–Crippen MR) is 99.9 cm³/mol. The van der Waals surface area contributed by atoms with E-state index in [2.05, 4.69) is 9.88 Å². The van der Waals surface area contributed by atoms with Crippen molar-refractivity contribution >= 4 is 34.1 Å². The lowest BCUT2D eigenvalue weighted by Crippen LogP contribution is -2.36. The van der Waals surface area contributed by atoms with E-state index in [0.717, 1.165) is 16.6 Å². The number of aromatic nitrogens is 1. The maximum atomic E-state index is 12.9. The minimum absolute atomic E-state index is 0.0907. The van der Waals surface area contributed by atoms with Crippen molar-refractivity contribution in [2.75, 3.05) is 22.9 Å². The number of para-hydroxylation sites is 2. The molecule has 0 bridgehead atoms. The minimum atomic E-state index is -0.283. The van der Waals surface area contributed by atoms with Crippen molar-refractivity contribution in [1.82, 2.24) is 4.98 Å². The molecule has 26 heavy (non-hydrogen) atoms. The van der Waals surface area contributed by atoms with E-state index in [4.69, 9.17) is 0 Å². The summed E-state index contributed by atoms with van der Waals surface area (Å²) in [5, 5.41) is 1.05. The molecule has 2 saturated heterocycles. The second-order valence-electron chi connectivity index (χ2n) is 6.81. The number of rotatable bonds is 2. The number of imide groups is 1. The summed E-state index contributed by atoms with van der Waals surface area (Å²) in [5.74, 6) is -0.747. The molecule has 2 aliphatic rings. The summed E-state index contributed by atoms with van der Waals surface area (Å²) in [6.07, 6.45) is 1.78. The van der Waals surface area contributed by atoms with Crippen LogP contribution in [0.5, 0.6) is 0 Å². The van der Waals surface area contributed by atoms with Gasteiger partial charge in [-0.05, 0) is 24.3 Å². The van der Waals surface area contributed by atoms with Gasteiger partial charge < -0.3 is 4.90 Å². The Morgan fingerprint density at radius 3 is 2.19 bits per heavy atom. The molecule has 0 aliphatic carbocycles. The Bertz CT molecular complexity index is 989. The summed E-state index contributed by atoms with van der Waals surface area (Å²) >= 11 is 0. The highest BCUT2D eigenvalue weighted by Crippen LogP contribution is 2.39. The molecule has 3 heterocycles. The highest BCUT2D eigenvalue weighted by atomic mass is 16.2. The Morgan fingerprint density at radius 2 is 1.46 bits per heavy atom. The number of hydrogen-bond donors (Lipinski definition) is 0. The first-order valence-corrected chi connectivity index (χ1v) is 8.75. The largest absolute Gasteiger partial charge is 0.369 e. The van der Waals surface area contributed by atoms with E-state index in [0.29, 0.717) is 18.8 Å². The Hall–Kier alpha value is -3.21. The molecular formula is C21H17N3O2. The second-order valence-corrected chi connectivity index (χ2v) is 6.81. The first kappa shape index (κ1) is 15.1. The average Bonchev–Trinajstić information content (AvgIpc) is 3.22. The molecule has 2 atom stereocenters. The van der Waals surface area contributed by atoms with Crippen molar-refractivity contribution < 1.29 is 9.59 Å². The molecule has 0 radical (unpaired) electrons. The van der Waals surface area contributed by atoms with E-state index >= 15 is 0 Å². The Labute approximate surface area is 150 Å². The molecule has 1 aromatic heterocycles. The Kier molecular flexibility index (Phi) is 3.28. The molecule has 2 fully saturated rings. The zero-order chi connectivity index (χ0) is 17.7. The van der Waals surface area contributed by atoms with Gasteiger partial charge in [0.15, 0.2) is 0 Å². The molecule has 128 valence electrons. The van der Waals surface area contributed by atoms with Crippen LogP contribution in [0.1, 0.15) is 0 Å². The fourth-order valence-corrected chi connectivity index (χ4v) is 4.13. The average molecular weight is 343 g/mol. The van der Waals surface area contributed by atoms with E-state index in [1.165, 1.54) is 4.90 Å². The summed E-state index contributed by atoms with van der Waals surface area (Å²) < 4.78 is 0. The summed E-state index contributed by atoms with van der Waals surface area (Å²) in [6, 6.07) is 19.1. The van der Waals surface area contributed by atoms with E-state index < -0.39 is 0 Å². The van der Waals surface area contributed by atoms with Gasteiger partial charge in [0.2, 0.25) is 11.8 Å². The van der Waals surface area contributed by atoms with Gasteiger partial charge in [-0.2, -0.15) is 0 Å². The highest BCUT2D eigenvalue weighted by molar-refractivity contribution is 6.22. The normalized spacial score (nSPS) is 22.3. The molecule has 2 aromatic carbocycles. The molecule has 5 heteroatoms.